The van der Waals surface area contributed by atoms with Gasteiger partial charge in [-0.2, -0.15) is 0 Å². The molecule has 0 rings (SSSR count). The Hall–Kier alpha value is -0.570. The molecular weight excluding hydrogens is 202 g/mol. The quantitative estimate of drug-likeness (QED) is 0.679. The zero-order valence-electron chi connectivity index (χ0n) is 11.8. The summed E-state index contributed by atoms with van der Waals surface area (Å²) >= 11 is 0. The van der Waals surface area contributed by atoms with Crippen LogP contribution >= 0.6 is 0 Å². The molecule has 0 aromatic heterocycles. The summed E-state index contributed by atoms with van der Waals surface area (Å²) in [6.45, 7) is 11.9. The number of carbonyl (C=O) groups is 1. The number of hydrogen-bond acceptors (Lipinski definition) is 3. The van der Waals surface area contributed by atoms with Crippen molar-refractivity contribution in [2.24, 2.45) is 0 Å². The fourth-order valence-corrected chi connectivity index (χ4v) is 1.56. The third kappa shape index (κ3) is 5.50. The second kappa shape index (κ2) is 6.24. The lowest BCUT2D eigenvalue weighted by atomic mass is 10.1. The Morgan fingerprint density at radius 3 is 2.19 bits per heavy atom. The van der Waals surface area contributed by atoms with Gasteiger partial charge in [0.15, 0.2) is 0 Å². The van der Waals surface area contributed by atoms with Crippen LogP contribution in [-0.2, 0) is 9.53 Å². The molecule has 0 fully saturated rings. The molecule has 3 heteroatoms. The molecule has 0 aliphatic carbocycles. The smallest absolute Gasteiger partial charge is 0.323 e. The predicted octanol–water partition coefficient (Wildman–Crippen LogP) is 2.84. The second-order valence-electron chi connectivity index (χ2n) is 5.51. The molecular formula is C13H27NO2. The van der Waals surface area contributed by atoms with E-state index in [9.17, 15) is 4.79 Å². The number of ether oxygens (including phenoxy) is 1. The van der Waals surface area contributed by atoms with E-state index in [-0.39, 0.29) is 12.0 Å². The standard InChI is InChI=1S/C13H27NO2/c1-8-9-10(2)14(7)11(3)12(15)16-13(4,5)6/h10-11H,8-9H2,1-7H3. The fraction of sp³-hybridized carbons (Fsp3) is 0.923. The summed E-state index contributed by atoms with van der Waals surface area (Å²) in [5, 5.41) is 0. The van der Waals surface area contributed by atoms with Crippen LogP contribution < -0.4 is 0 Å². The maximum Gasteiger partial charge on any atom is 0.323 e. The van der Waals surface area contributed by atoms with E-state index in [1.54, 1.807) is 0 Å². The first kappa shape index (κ1) is 15.4. The molecule has 0 spiro atoms. The highest BCUT2D eigenvalue weighted by Crippen LogP contribution is 2.13. The van der Waals surface area contributed by atoms with Crippen molar-refractivity contribution in [2.45, 2.75) is 72.1 Å². The largest absolute Gasteiger partial charge is 0.459 e. The first-order valence-electron chi connectivity index (χ1n) is 6.13. The molecule has 0 heterocycles. The van der Waals surface area contributed by atoms with Crippen molar-refractivity contribution in [3.63, 3.8) is 0 Å². The summed E-state index contributed by atoms with van der Waals surface area (Å²) in [4.78, 5) is 13.9. The van der Waals surface area contributed by atoms with Crippen LogP contribution in [0, 0.1) is 0 Å². The van der Waals surface area contributed by atoms with E-state index in [2.05, 4.69) is 18.7 Å². The van der Waals surface area contributed by atoms with Crippen molar-refractivity contribution >= 4 is 5.97 Å². The molecule has 0 amide bonds. The summed E-state index contributed by atoms with van der Waals surface area (Å²) in [5.74, 6) is -0.141. The van der Waals surface area contributed by atoms with Gasteiger partial charge in [0.25, 0.3) is 0 Å². The zero-order chi connectivity index (χ0) is 12.9. The van der Waals surface area contributed by atoms with Crippen molar-refractivity contribution in [1.82, 2.24) is 4.90 Å². The molecule has 0 saturated heterocycles. The highest BCUT2D eigenvalue weighted by molar-refractivity contribution is 5.75. The normalized spacial score (nSPS) is 16.0. The maximum atomic E-state index is 11.8. The van der Waals surface area contributed by atoms with Crippen LogP contribution in [0.2, 0.25) is 0 Å². The maximum absolute atomic E-state index is 11.8. The van der Waals surface area contributed by atoms with Gasteiger partial charge < -0.3 is 4.74 Å². The monoisotopic (exact) mass is 229 g/mol. The number of nitrogens with zero attached hydrogens (tertiary/aromatic N) is 1. The third-order valence-corrected chi connectivity index (χ3v) is 2.76. The Morgan fingerprint density at radius 1 is 1.31 bits per heavy atom. The van der Waals surface area contributed by atoms with E-state index in [0.29, 0.717) is 6.04 Å². The molecule has 2 atom stereocenters. The number of esters is 1. The highest BCUT2D eigenvalue weighted by atomic mass is 16.6. The number of hydrogen-bond donors (Lipinski definition) is 0. The summed E-state index contributed by atoms with van der Waals surface area (Å²) in [7, 11) is 1.98. The van der Waals surface area contributed by atoms with Gasteiger partial charge in [0, 0.05) is 6.04 Å². The van der Waals surface area contributed by atoms with E-state index in [1.807, 2.05) is 34.7 Å². The van der Waals surface area contributed by atoms with Gasteiger partial charge in [0.2, 0.25) is 0 Å². The average molecular weight is 229 g/mol. The van der Waals surface area contributed by atoms with Crippen molar-refractivity contribution in [2.75, 3.05) is 7.05 Å². The van der Waals surface area contributed by atoms with Crippen molar-refractivity contribution in [3.8, 4) is 0 Å². The molecule has 0 saturated carbocycles. The summed E-state index contributed by atoms with van der Waals surface area (Å²) in [6, 6.07) is 0.230. The first-order valence-corrected chi connectivity index (χ1v) is 6.13. The molecule has 0 aliphatic rings. The predicted molar refractivity (Wildman–Crippen MR) is 67.4 cm³/mol. The lowest BCUT2D eigenvalue weighted by Gasteiger charge is -2.31. The van der Waals surface area contributed by atoms with Gasteiger partial charge >= 0.3 is 5.97 Å². The Labute approximate surface area is 100 Å². The zero-order valence-corrected chi connectivity index (χ0v) is 11.8. The van der Waals surface area contributed by atoms with Crippen LogP contribution in [0.15, 0.2) is 0 Å². The molecule has 3 nitrogen and oxygen atoms in total. The van der Waals surface area contributed by atoms with E-state index in [0.717, 1.165) is 12.8 Å². The summed E-state index contributed by atoms with van der Waals surface area (Å²) in [6.07, 6.45) is 2.23. The average Bonchev–Trinajstić information content (AvgIpc) is 2.13. The van der Waals surface area contributed by atoms with Crippen molar-refractivity contribution in [1.29, 1.82) is 0 Å². The van der Waals surface area contributed by atoms with Gasteiger partial charge in [-0.1, -0.05) is 13.3 Å². The minimum absolute atomic E-state index is 0.141. The Bertz CT molecular complexity index is 220. The van der Waals surface area contributed by atoms with Gasteiger partial charge in [0.1, 0.15) is 11.6 Å². The first-order chi connectivity index (χ1) is 7.19. The van der Waals surface area contributed by atoms with Gasteiger partial charge in [-0.3, -0.25) is 9.69 Å². The topological polar surface area (TPSA) is 29.5 Å². The highest BCUT2D eigenvalue weighted by Gasteiger charge is 2.26. The third-order valence-electron chi connectivity index (χ3n) is 2.76. The van der Waals surface area contributed by atoms with Crippen molar-refractivity contribution < 1.29 is 9.53 Å². The van der Waals surface area contributed by atoms with E-state index < -0.39 is 5.60 Å². The molecule has 0 radical (unpaired) electrons. The van der Waals surface area contributed by atoms with Crippen LogP contribution in [0.3, 0.4) is 0 Å². The van der Waals surface area contributed by atoms with Crippen LogP contribution in [0.5, 0.6) is 0 Å². The van der Waals surface area contributed by atoms with Crippen molar-refractivity contribution in [3.05, 3.63) is 0 Å². The van der Waals surface area contributed by atoms with Gasteiger partial charge in [-0.15, -0.1) is 0 Å². The Balaban J connectivity index is 4.32. The number of carbonyl (C=O) groups excluding carboxylic acids is 1. The summed E-state index contributed by atoms with van der Waals surface area (Å²) in [5.41, 5.74) is -0.403. The number of rotatable bonds is 5. The molecule has 0 aromatic rings. The second-order valence-corrected chi connectivity index (χ2v) is 5.51. The minimum atomic E-state index is -0.403. The lowest BCUT2D eigenvalue weighted by Crippen LogP contribution is -2.44. The van der Waals surface area contributed by atoms with Gasteiger partial charge in [0.05, 0.1) is 0 Å². The Morgan fingerprint density at radius 2 is 1.81 bits per heavy atom. The molecule has 0 aromatic carbocycles. The SMILES string of the molecule is CCCC(C)N(C)C(C)C(=O)OC(C)(C)C. The molecule has 0 N–H and O–H groups in total. The fourth-order valence-electron chi connectivity index (χ4n) is 1.56. The van der Waals surface area contributed by atoms with E-state index in [1.165, 1.54) is 0 Å². The van der Waals surface area contributed by atoms with E-state index >= 15 is 0 Å². The molecule has 0 aliphatic heterocycles. The van der Waals surface area contributed by atoms with E-state index in [4.69, 9.17) is 4.74 Å². The van der Waals surface area contributed by atoms with Crippen LogP contribution in [-0.4, -0.2) is 35.6 Å². The number of likely N-dealkylation sites (N-methyl/N-ethyl adjacent to an activating group) is 1. The van der Waals surface area contributed by atoms with Crippen LogP contribution in [0.25, 0.3) is 0 Å². The Kier molecular flexibility index (Phi) is 6.01. The van der Waals surface area contributed by atoms with Crippen LogP contribution in [0.1, 0.15) is 54.4 Å². The van der Waals surface area contributed by atoms with Crippen LogP contribution in [0.4, 0.5) is 0 Å². The minimum Gasteiger partial charge on any atom is -0.459 e. The molecule has 16 heavy (non-hydrogen) atoms. The molecule has 0 bridgehead atoms. The van der Waals surface area contributed by atoms with Gasteiger partial charge in [-0.05, 0) is 48.1 Å². The molecule has 2 unspecified atom stereocenters. The summed E-state index contributed by atoms with van der Waals surface area (Å²) < 4.78 is 5.37. The lowest BCUT2D eigenvalue weighted by molar-refractivity contribution is -0.161. The molecule has 96 valence electrons. The van der Waals surface area contributed by atoms with Gasteiger partial charge in [-0.25, -0.2) is 0 Å².